The van der Waals surface area contributed by atoms with E-state index < -0.39 is 24.0 Å². The first-order valence-corrected chi connectivity index (χ1v) is 9.49. The number of carboxylic acids is 2. The number of carboxylic acid groups (broad SMARTS) is 2. The number of carbonyl (C=O) groups is 2. The van der Waals surface area contributed by atoms with Crippen molar-refractivity contribution in [2.45, 2.75) is 45.2 Å². The highest BCUT2D eigenvalue weighted by Crippen LogP contribution is 2.21. The molecular weight excluding hydrogens is 407 g/mol. The van der Waals surface area contributed by atoms with Crippen LogP contribution in [0.4, 0.5) is 0 Å². The van der Waals surface area contributed by atoms with E-state index in [4.69, 9.17) is 27.6 Å². The number of oxazole rings is 1. The van der Waals surface area contributed by atoms with Gasteiger partial charge in [-0.25, -0.2) is 4.98 Å². The van der Waals surface area contributed by atoms with Crippen LogP contribution in [0.5, 0.6) is 0 Å². The molecule has 28 heavy (non-hydrogen) atoms. The number of rotatable bonds is 10. The Balaban J connectivity index is 2.07. The monoisotopic (exact) mass is 428 g/mol. The van der Waals surface area contributed by atoms with Gasteiger partial charge in [-0.3, -0.25) is 14.9 Å². The topological polar surface area (TPSA) is 113 Å². The van der Waals surface area contributed by atoms with E-state index in [1.807, 2.05) is 13.8 Å². The molecule has 0 aliphatic rings. The van der Waals surface area contributed by atoms with Gasteiger partial charge >= 0.3 is 11.9 Å². The first kappa shape index (κ1) is 22.2. The zero-order chi connectivity index (χ0) is 20.8. The molecule has 0 radical (unpaired) electrons. The Kier molecular flexibility index (Phi) is 7.86. The molecule has 0 aliphatic heterocycles. The van der Waals surface area contributed by atoms with Gasteiger partial charge in [0.15, 0.2) is 5.89 Å². The summed E-state index contributed by atoms with van der Waals surface area (Å²) >= 11 is 12.0. The molecule has 0 amide bonds. The Morgan fingerprint density at radius 3 is 2.25 bits per heavy atom. The summed E-state index contributed by atoms with van der Waals surface area (Å²) in [4.78, 5) is 27.3. The van der Waals surface area contributed by atoms with Crippen LogP contribution in [0.25, 0.3) is 0 Å². The lowest BCUT2D eigenvalue weighted by Gasteiger charge is -2.21. The highest BCUT2D eigenvalue weighted by molar-refractivity contribution is 6.34. The highest BCUT2D eigenvalue weighted by atomic mass is 35.5. The molecule has 2 atom stereocenters. The van der Waals surface area contributed by atoms with Crippen molar-refractivity contribution in [1.82, 2.24) is 10.3 Å². The first-order valence-electron chi connectivity index (χ1n) is 8.74. The van der Waals surface area contributed by atoms with Crippen molar-refractivity contribution in [3.8, 4) is 0 Å². The van der Waals surface area contributed by atoms with E-state index in [9.17, 15) is 19.8 Å². The lowest BCUT2D eigenvalue weighted by atomic mass is 10.0. The molecule has 0 saturated heterocycles. The summed E-state index contributed by atoms with van der Waals surface area (Å²) < 4.78 is 5.41. The van der Waals surface area contributed by atoms with Crippen LogP contribution < -0.4 is 5.32 Å². The Morgan fingerprint density at radius 2 is 1.71 bits per heavy atom. The smallest absolute Gasteiger partial charge is 0.321 e. The van der Waals surface area contributed by atoms with Crippen LogP contribution in [0, 0.1) is 5.92 Å². The number of hydrogen-bond acceptors (Lipinski definition) is 5. The predicted octanol–water partition coefficient (Wildman–Crippen LogP) is 3.66. The predicted molar refractivity (Wildman–Crippen MR) is 105 cm³/mol. The molecule has 3 N–H and O–H groups in total. The normalized spacial score (nSPS) is 13.5. The standard InChI is InChI=1S/C19H22Cl2N2O5/c1-10(2)3-15(18(24)25)23-16(19(26)27)8-14-9-28-17(22-14)6-11-4-12(20)7-13(21)5-11/h4-5,7,9-10,15-16,23H,3,6,8H2,1-2H3,(H,24,25)(H,26,27). The lowest BCUT2D eigenvalue weighted by molar-refractivity contribution is -0.142. The Labute approximate surface area is 172 Å². The molecule has 0 aliphatic carbocycles. The molecule has 0 bridgehead atoms. The number of nitrogens with one attached hydrogen (secondary N) is 1. The van der Waals surface area contributed by atoms with Gasteiger partial charge in [0.05, 0.1) is 5.69 Å². The van der Waals surface area contributed by atoms with Gasteiger partial charge in [-0.2, -0.15) is 0 Å². The molecule has 7 nitrogen and oxygen atoms in total. The van der Waals surface area contributed by atoms with Crippen molar-refractivity contribution in [2.75, 3.05) is 0 Å². The average Bonchev–Trinajstić information content (AvgIpc) is 2.98. The number of halogens is 2. The van der Waals surface area contributed by atoms with Gasteiger partial charge in [0.2, 0.25) is 0 Å². The maximum absolute atomic E-state index is 11.6. The van der Waals surface area contributed by atoms with Crippen molar-refractivity contribution in [3.05, 3.63) is 51.7 Å². The number of aromatic nitrogens is 1. The third-order valence-corrected chi connectivity index (χ3v) is 4.43. The zero-order valence-corrected chi connectivity index (χ0v) is 17.0. The minimum absolute atomic E-state index is 0.00297. The second-order valence-electron chi connectivity index (χ2n) is 6.97. The van der Waals surface area contributed by atoms with Crippen molar-refractivity contribution in [2.24, 2.45) is 5.92 Å². The summed E-state index contributed by atoms with van der Waals surface area (Å²) in [6, 6.07) is 3.04. The van der Waals surface area contributed by atoms with Crippen molar-refractivity contribution in [3.63, 3.8) is 0 Å². The van der Waals surface area contributed by atoms with Crippen LogP contribution in [-0.4, -0.2) is 39.2 Å². The molecular formula is C19H22Cl2N2O5. The molecule has 2 rings (SSSR count). The molecule has 1 aromatic carbocycles. The molecule has 1 heterocycles. The van der Waals surface area contributed by atoms with Gasteiger partial charge in [-0.05, 0) is 36.1 Å². The van der Waals surface area contributed by atoms with Crippen LogP contribution >= 0.6 is 23.2 Å². The van der Waals surface area contributed by atoms with Gasteiger partial charge in [0, 0.05) is 22.9 Å². The summed E-state index contributed by atoms with van der Waals surface area (Å²) in [5.41, 5.74) is 1.22. The van der Waals surface area contributed by atoms with E-state index in [0.717, 1.165) is 5.56 Å². The summed E-state index contributed by atoms with van der Waals surface area (Å²) in [6.07, 6.45) is 2.03. The van der Waals surface area contributed by atoms with E-state index in [-0.39, 0.29) is 12.3 Å². The average molecular weight is 429 g/mol. The Bertz CT molecular complexity index is 817. The van der Waals surface area contributed by atoms with Gasteiger partial charge in [0.1, 0.15) is 18.3 Å². The maximum Gasteiger partial charge on any atom is 0.321 e. The summed E-state index contributed by atoms with van der Waals surface area (Å²) in [5, 5.41) is 22.5. The van der Waals surface area contributed by atoms with Crippen LogP contribution in [0.15, 0.2) is 28.9 Å². The fourth-order valence-electron chi connectivity index (χ4n) is 2.79. The number of nitrogens with zero attached hydrogens (tertiary/aromatic N) is 1. The summed E-state index contributed by atoms with van der Waals surface area (Å²) in [7, 11) is 0. The molecule has 9 heteroatoms. The number of hydrogen-bond donors (Lipinski definition) is 3. The number of aliphatic carboxylic acids is 2. The van der Waals surface area contributed by atoms with Crippen LogP contribution in [-0.2, 0) is 22.4 Å². The van der Waals surface area contributed by atoms with Crippen molar-refractivity contribution < 1.29 is 24.2 Å². The lowest BCUT2D eigenvalue weighted by Crippen LogP contribution is -2.48. The molecule has 2 aromatic rings. The summed E-state index contributed by atoms with van der Waals surface area (Å²) in [6.45, 7) is 3.75. The van der Waals surface area contributed by atoms with Gasteiger partial charge in [0.25, 0.3) is 0 Å². The van der Waals surface area contributed by atoms with E-state index in [0.29, 0.717) is 34.5 Å². The van der Waals surface area contributed by atoms with Gasteiger partial charge < -0.3 is 14.6 Å². The second-order valence-corrected chi connectivity index (χ2v) is 7.84. The molecule has 0 fully saturated rings. The quantitative estimate of drug-likeness (QED) is 0.528. The molecule has 0 saturated carbocycles. The second kappa shape index (κ2) is 9.91. The van der Waals surface area contributed by atoms with E-state index >= 15 is 0 Å². The minimum Gasteiger partial charge on any atom is -0.480 e. The Hall–Kier alpha value is -2.09. The van der Waals surface area contributed by atoms with Gasteiger partial charge in [-0.15, -0.1) is 0 Å². The van der Waals surface area contributed by atoms with Gasteiger partial charge in [-0.1, -0.05) is 37.0 Å². The van der Waals surface area contributed by atoms with Crippen LogP contribution in [0.1, 0.15) is 37.4 Å². The zero-order valence-electron chi connectivity index (χ0n) is 15.5. The maximum atomic E-state index is 11.6. The molecule has 2 unspecified atom stereocenters. The molecule has 1 aromatic heterocycles. The third kappa shape index (κ3) is 6.82. The van der Waals surface area contributed by atoms with Crippen molar-refractivity contribution >= 4 is 35.1 Å². The fraction of sp³-hybridized carbons (Fsp3) is 0.421. The fourth-order valence-corrected chi connectivity index (χ4v) is 3.36. The third-order valence-electron chi connectivity index (χ3n) is 4.00. The highest BCUT2D eigenvalue weighted by Gasteiger charge is 2.27. The summed E-state index contributed by atoms with van der Waals surface area (Å²) in [5.74, 6) is -1.75. The SMILES string of the molecule is CC(C)CC(NC(Cc1coc(Cc2cc(Cl)cc(Cl)c2)n1)C(=O)O)C(=O)O. The minimum atomic E-state index is -1.15. The van der Waals surface area contributed by atoms with Crippen LogP contribution in [0.3, 0.4) is 0 Å². The number of benzene rings is 1. The van der Waals surface area contributed by atoms with Crippen LogP contribution in [0.2, 0.25) is 10.0 Å². The molecule has 0 spiro atoms. The molecule has 152 valence electrons. The van der Waals surface area contributed by atoms with E-state index in [1.165, 1.54) is 6.26 Å². The van der Waals surface area contributed by atoms with E-state index in [2.05, 4.69) is 10.3 Å². The first-order chi connectivity index (χ1) is 13.1. The largest absolute Gasteiger partial charge is 0.480 e. The Morgan fingerprint density at radius 1 is 1.11 bits per heavy atom. The van der Waals surface area contributed by atoms with E-state index in [1.54, 1.807) is 18.2 Å². The van der Waals surface area contributed by atoms with Crippen molar-refractivity contribution in [1.29, 1.82) is 0 Å².